The molecule has 0 aromatic carbocycles. The molecule has 5 rings (SSSR count). The first-order valence-corrected chi connectivity index (χ1v) is 14.0. The number of hydrogen-bond acceptors (Lipinski definition) is 9. The Kier molecular flexibility index (Phi) is 8.94. The van der Waals surface area contributed by atoms with Crippen LogP contribution in [0.4, 0.5) is 0 Å². The molecule has 5 aliphatic rings. The highest BCUT2D eigenvalue weighted by Crippen LogP contribution is 2.36. The lowest BCUT2D eigenvalue weighted by atomic mass is 9.76. The third-order valence-corrected chi connectivity index (χ3v) is 9.18. The summed E-state index contributed by atoms with van der Waals surface area (Å²) in [6, 6.07) is 1.05. The van der Waals surface area contributed by atoms with Gasteiger partial charge in [-0.05, 0) is 58.5 Å². The average molecular weight is 494 g/mol. The average Bonchev–Trinajstić information content (AvgIpc) is 3.28. The predicted molar refractivity (Wildman–Crippen MR) is 134 cm³/mol. The number of amides is 1. The summed E-state index contributed by atoms with van der Waals surface area (Å²) in [4.78, 5) is 15.7. The van der Waals surface area contributed by atoms with Gasteiger partial charge in [0.25, 0.3) is 0 Å². The molecule has 10 heteroatoms. The van der Waals surface area contributed by atoms with E-state index in [0.29, 0.717) is 24.6 Å². The molecule has 0 spiro atoms. The van der Waals surface area contributed by atoms with Gasteiger partial charge in [0.15, 0.2) is 0 Å². The first kappa shape index (κ1) is 25.8. The summed E-state index contributed by atoms with van der Waals surface area (Å²) in [5.41, 5.74) is 6.95. The molecule has 35 heavy (non-hydrogen) atoms. The molecular weight excluding hydrogens is 446 g/mol. The Bertz CT molecular complexity index is 694. The van der Waals surface area contributed by atoms with E-state index in [4.69, 9.17) is 9.47 Å². The molecule has 10 nitrogen and oxygen atoms in total. The third kappa shape index (κ3) is 6.01. The van der Waals surface area contributed by atoms with Crippen LogP contribution in [0.25, 0.3) is 0 Å². The maximum atomic E-state index is 13.3. The second kappa shape index (κ2) is 12.1. The van der Waals surface area contributed by atoms with E-state index in [0.717, 1.165) is 77.5 Å². The van der Waals surface area contributed by atoms with Crippen molar-refractivity contribution in [2.75, 3.05) is 40.5 Å². The van der Waals surface area contributed by atoms with Crippen molar-refractivity contribution in [2.24, 2.45) is 11.8 Å². The minimum atomic E-state index is 0.100. The minimum Gasteiger partial charge on any atom is -0.379 e. The number of carbonyl (C=O) groups is 1. The number of ether oxygens (including phenoxy) is 2. The van der Waals surface area contributed by atoms with Gasteiger partial charge in [0.1, 0.15) is 0 Å². The van der Waals surface area contributed by atoms with Crippen molar-refractivity contribution < 1.29 is 14.3 Å². The van der Waals surface area contributed by atoms with E-state index in [1.54, 1.807) is 7.11 Å². The lowest BCUT2D eigenvalue weighted by molar-refractivity contribution is -0.144. The van der Waals surface area contributed by atoms with Gasteiger partial charge < -0.3 is 25.4 Å². The fourth-order valence-corrected chi connectivity index (χ4v) is 7.07. The van der Waals surface area contributed by atoms with E-state index in [2.05, 4.69) is 44.1 Å². The number of methoxy groups -OCH3 is 1. The number of hydrogen-bond donors (Lipinski definition) is 6. The summed E-state index contributed by atoms with van der Waals surface area (Å²) in [5.74, 6) is 0.725. The van der Waals surface area contributed by atoms with Crippen molar-refractivity contribution in [3.05, 3.63) is 0 Å². The molecule has 2 aliphatic carbocycles. The molecule has 3 saturated heterocycles. The summed E-state index contributed by atoms with van der Waals surface area (Å²) >= 11 is 0. The monoisotopic (exact) mass is 493 g/mol. The van der Waals surface area contributed by atoms with Gasteiger partial charge in [0.05, 0.1) is 24.5 Å². The number of likely N-dealkylation sites (N-methyl/N-ethyl adjacent to an activating group) is 1. The SMILES string of the molecule is COC1CCCC2C1OCC[C@H]2NC(=O)C1CCCC(NCC2NNC(C3CCNCN3)N2C)C1. The standard InChI is InChI=1S/C25H47N7O3/c1-32-22(30-31-24(32)20-9-11-26-15-28-20)14-27-17-6-3-5-16(13-17)25(33)29-19-10-12-35-23-18(19)7-4-8-21(23)34-2/h16-24,26-28,30-31H,3-15H2,1-2H3,(H,29,33)/t16?,17?,18?,19-,20?,21?,22?,23?,24?/m1/s1. The zero-order valence-electron chi connectivity index (χ0n) is 21.6. The van der Waals surface area contributed by atoms with E-state index < -0.39 is 0 Å². The van der Waals surface area contributed by atoms with Gasteiger partial charge in [-0.1, -0.05) is 12.8 Å². The summed E-state index contributed by atoms with van der Waals surface area (Å²) in [7, 11) is 3.97. The van der Waals surface area contributed by atoms with Gasteiger partial charge in [-0.3, -0.25) is 15.0 Å². The number of carbonyl (C=O) groups excluding carboxylic acids is 1. The highest BCUT2D eigenvalue weighted by Gasteiger charge is 2.43. The highest BCUT2D eigenvalue weighted by atomic mass is 16.5. The zero-order chi connectivity index (χ0) is 24.2. The molecule has 8 unspecified atom stereocenters. The molecule has 0 bridgehead atoms. The lowest BCUT2D eigenvalue weighted by Gasteiger charge is -2.45. The van der Waals surface area contributed by atoms with Crippen molar-refractivity contribution in [3.8, 4) is 0 Å². The minimum absolute atomic E-state index is 0.100. The molecule has 6 N–H and O–H groups in total. The van der Waals surface area contributed by atoms with Crippen LogP contribution in [0, 0.1) is 11.8 Å². The Labute approximate surface area is 210 Å². The Morgan fingerprint density at radius 1 is 1.11 bits per heavy atom. The molecule has 0 radical (unpaired) electrons. The van der Waals surface area contributed by atoms with Crippen LogP contribution in [0.15, 0.2) is 0 Å². The first-order valence-electron chi connectivity index (χ1n) is 14.0. The first-order chi connectivity index (χ1) is 17.1. The smallest absolute Gasteiger partial charge is 0.223 e. The largest absolute Gasteiger partial charge is 0.379 e. The van der Waals surface area contributed by atoms with Crippen molar-refractivity contribution >= 4 is 5.91 Å². The van der Waals surface area contributed by atoms with Crippen LogP contribution in [0.3, 0.4) is 0 Å². The molecule has 5 fully saturated rings. The molecule has 3 aliphatic heterocycles. The number of nitrogens with zero attached hydrogens (tertiary/aromatic N) is 1. The van der Waals surface area contributed by atoms with E-state index in [9.17, 15) is 4.79 Å². The van der Waals surface area contributed by atoms with Gasteiger partial charge in [-0.25, -0.2) is 10.9 Å². The number of fused-ring (bicyclic) bond motifs is 1. The van der Waals surface area contributed by atoms with Gasteiger partial charge in [0.2, 0.25) is 5.91 Å². The summed E-state index contributed by atoms with van der Waals surface area (Å²) in [6.07, 6.45) is 10.3. The maximum absolute atomic E-state index is 13.3. The molecular formula is C25H47N7O3. The highest BCUT2D eigenvalue weighted by molar-refractivity contribution is 5.79. The van der Waals surface area contributed by atoms with Gasteiger partial charge in [-0.15, -0.1) is 0 Å². The summed E-state index contributed by atoms with van der Waals surface area (Å²) in [5, 5.41) is 14.1. The Morgan fingerprint density at radius 2 is 2.00 bits per heavy atom. The topological polar surface area (TPSA) is 111 Å². The number of rotatable bonds is 7. The lowest BCUT2D eigenvalue weighted by Crippen LogP contribution is -2.58. The van der Waals surface area contributed by atoms with E-state index in [-0.39, 0.29) is 42.4 Å². The van der Waals surface area contributed by atoms with E-state index >= 15 is 0 Å². The van der Waals surface area contributed by atoms with Crippen LogP contribution in [0.2, 0.25) is 0 Å². The van der Waals surface area contributed by atoms with Crippen molar-refractivity contribution in [1.82, 2.24) is 37.0 Å². The van der Waals surface area contributed by atoms with Crippen LogP contribution < -0.4 is 32.1 Å². The van der Waals surface area contributed by atoms with Crippen LogP contribution in [0.5, 0.6) is 0 Å². The maximum Gasteiger partial charge on any atom is 0.223 e. The summed E-state index contributed by atoms with van der Waals surface area (Å²) in [6.45, 7) is 3.50. The fourth-order valence-electron chi connectivity index (χ4n) is 7.07. The molecule has 0 aromatic heterocycles. The molecule has 3 heterocycles. The van der Waals surface area contributed by atoms with Crippen molar-refractivity contribution in [2.45, 2.75) is 100 Å². The van der Waals surface area contributed by atoms with Gasteiger partial charge >= 0.3 is 0 Å². The summed E-state index contributed by atoms with van der Waals surface area (Å²) < 4.78 is 11.8. The van der Waals surface area contributed by atoms with Crippen LogP contribution in [0.1, 0.15) is 57.8 Å². The normalized spacial score (nSPS) is 43.0. The van der Waals surface area contributed by atoms with Crippen LogP contribution in [-0.4, -0.2) is 94.0 Å². The van der Waals surface area contributed by atoms with E-state index in [1.807, 2.05) is 0 Å². The van der Waals surface area contributed by atoms with Gasteiger partial charge in [-0.2, -0.15) is 0 Å². The second-order valence-electron chi connectivity index (χ2n) is 11.3. The molecule has 2 saturated carbocycles. The Balaban J connectivity index is 1.08. The third-order valence-electron chi connectivity index (χ3n) is 9.18. The molecule has 9 atom stereocenters. The zero-order valence-corrected chi connectivity index (χ0v) is 21.6. The van der Waals surface area contributed by atoms with Gasteiger partial charge in [0, 0.05) is 56.9 Å². The predicted octanol–water partition coefficient (Wildman–Crippen LogP) is -0.176. The van der Waals surface area contributed by atoms with Crippen molar-refractivity contribution in [3.63, 3.8) is 0 Å². The number of hydrazine groups is 1. The fraction of sp³-hybridized carbons (Fsp3) is 0.960. The molecule has 200 valence electrons. The van der Waals surface area contributed by atoms with Crippen LogP contribution >= 0.6 is 0 Å². The van der Waals surface area contributed by atoms with E-state index in [1.165, 1.54) is 0 Å². The Morgan fingerprint density at radius 3 is 2.83 bits per heavy atom. The quantitative estimate of drug-likeness (QED) is 0.288. The second-order valence-corrected chi connectivity index (χ2v) is 11.3. The van der Waals surface area contributed by atoms with Crippen molar-refractivity contribution in [1.29, 1.82) is 0 Å². The van der Waals surface area contributed by atoms with Crippen LogP contribution in [-0.2, 0) is 14.3 Å². The number of nitrogens with one attached hydrogen (secondary N) is 6. The molecule has 0 aromatic rings. The Hall–Kier alpha value is -0.850. The molecule has 1 amide bonds.